The van der Waals surface area contributed by atoms with E-state index in [2.05, 4.69) is 5.32 Å². The largest absolute Gasteiger partial charge is 0.322 e. The lowest BCUT2D eigenvalue weighted by Crippen LogP contribution is -2.35. The van der Waals surface area contributed by atoms with Crippen molar-refractivity contribution in [3.05, 3.63) is 89.0 Å². The lowest BCUT2D eigenvalue weighted by Gasteiger charge is -2.24. The van der Waals surface area contributed by atoms with Crippen molar-refractivity contribution in [2.24, 2.45) is 0 Å². The number of nitrogens with one attached hydrogen (secondary N) is 1. The number of aryl methyl sites for hydroxylation is 2. The van der Waals surface area contributed by atoms with Crippen LogP contribution in [-0.4, -0.2) is 20.4 Å². The minimum absolute atomic E-state index is 0.111. The Bertz CT molecular complexity index is 1230. The quantitative estimate of drug-likeness (QED) is 0.666. The molecule has 1 aliphatic rings. The third kappa shape index (κ3) is 3.59. The highest BCUT2D eigenvalue weighted by atomic mass is 32.2. The molecule has 0 bridgehead atoms. The second-order valence-corrected chi connectivity index (χ2v) is 9.60. The third-order valence-electron chi connectivity index (χ3n) is 5.44. The molecule has 0 saturated carbocycles. The fourth-order valence-electron chi connectivity index (χ4n) is 3.88. The molecule has 1 aliphatic heterocycles. The second kappa shape index (κ2) is 7.61. The van der Waals surface area contributed by atoms with Crippen LogP contribution in [0.1, 0.15) is 34.0 Å². The van der Waals surface area contributed by atoms with Crippen molar-refractivity contribution >= 4 is 27.3 Å². The molecule has 4 rings (SSSR count). The minimum atomic E-state index is -3.79. The number of benzene rings is 3. The zero-order chi connectivity index (χ0) is 21.5. The number of sulfonamides is 1. The Morgan fingerprint density at radius 1 is 1.00 bits per heavy atom. The van der Waals surface area contributed by atoms with Crippen LogP contribution in [0, 0.1) is 13.8 Å². The van der Waals surface area contributed by atoms with Gasteiger partial charge in [-0.2, -0.15) is 0 Å². The first-order chi connectivity index (χ1) is 14.3. The molecule has 0 saturated heterocycles. The van der Waals surface area contributed by atoms with E-state index in [-0.39, 0.29) is 16.8 Å². The van der Waals surface area contributed by atoms with E-state index in [0.717, 1.165) is 22.4 Å². The highest BCUT2D eigenvalue weighted by Crippen LogP contribution is 2.36. The topological polar surface area (TPSA) is 66.5 Å². The van der Waals surface area contributed by atoms with Gasteiger partial charge in [-0.3, -0.25) is 9.10 Å². The molecule has 1 N–H and O–H groups in total. The second-order valence-electron chi connectivity index (χ2n) is 7.78. The van der Waals surface area contributed by atoms with E-state index in [1.165, 1.54) is 16.4 Å². The van der Waals surface area contributed by atoms with Crippen LogP contribution in [0.3, 0.4) is 0 Å². The molecule has 3 aromatic rings. The van der Waals surface area contributed by atoms with Crippen LogP contribution in [0.15, 0.2) is 71.6 Å². The van der Waals surface area contributed by atoms with Gasteiger partial charge in [0.1, 0.15) is 0 Å². The molecule has 1 unspecified atom stereocenters. The SMILES string of the molecule is Cc1ccc(C)c(NC(=O)c2cccc(S(=O)(=O)N3c4ccccc4CC3C)c2)c1. The first-order valence-corrected chi connectivity index (χ1v) is 11.3. The van der Waals surface area contributed by atoms with Crippen LogP contribution >= 0.6 is 0 Å². The number of anilines is 2. The van der Waals surface area contributed by atoms with E-state index >= 15 is 0 Å². The van der Waals surface area contributed by atoms with Gasteiger partial charge in [-0.25, -0.2) is 8.42 Å². The number of carbonyl (C=O) groups is 1. The lowest BCUT2D eigenvalue weighted by molar-refractivity contribution is 0.102. The number of rotatable bonds is 4. The molecule has 1 atom stereocenters. The summed E-state index contributed by atoms with van der Waals surface area (Å²) in [5.41, 5.74) is 4.72. The van der Waals surface area contributed by atoms with Gasteiger partial charge in [-0.15, -0.1) is 0 Å². The first-order valence-electron chi connectivity index (χ1n) is 9.88. The van der Waals surface area contributed by atoms with E-state index in [1.807, 2.05) is 63.2 Å². The molecule has 1 heterocycles. The molecule has 30 heavy (non-hydrogen) atoms. The van der Waals surface area contributed by atoms with Crippen LogP contribution in [0.25, 0.3) is 0 Å². The van der Waals surface area contributed by atoms with Crippen LogP contribution in [-0.2, 0) is 16.4 Å². The van der Waals surface area contributed by atoms with Crippen LogP contribution in [0.4, 0.5) is 11.4 Å². The number of fused-ring (bicyclic) bond motifs is 1. The minimum Gasteiger partial charge on any atom is -0.322 e. The highest BCUT2D eigenvalue weighted by Gasteiger charge is 2.36. The molecule has 0 aliphatic carbocycles. The number of amides is 1. The zero-order valence-electron chi connectivity index (χ0n) is 17.2. The molecule has 3 aromatic carbocycles. The van der Waals surface area contributed by atoms with Gasteiger partial charge < -0.3 is 5.32 Å². The van der Waals surface area contributed by atoms with Crippen molar-refractivity contribution in [1.82, 2.24) is 0 Å². The molecule has 1 amide bonds. The van der Waals surface area contributed by atoms with Gasteiger partial charge in [0, 0.05) is 17.3 Å². The van der Waals surface area contributed by atoms with Gasteiger partial charge in [-0.1, -0.05) is 36.4 Å². The fourth-order valence-corrected chi connectivity index (χ4v) is 5.62. The Balaban J connectivity index is 1.66. The summed E-state index contributed by atoms with van der Waals surface area (Å²) in [4.78, 5) is 12.9. The first kappa shape index (κ1) is 20.2. The van der Waals surface area contributed by atoms with Gasteiger partial charge in [0.25, 0.3) is 15.9 Å². The molecule has 6 heteroatoms. The fraction of sp³-hybridized carbons (Fsp3) is 0.208. The molecular formula is C24H24N2O3S. The van der Waals surface area contributed by atoms with Gasteiger partial charge >= 0.3 is 0 Å². The summed E-state index contributed by atoms with van der Waals surface area (Å²) in [7, 11) is -3.79. The van der Waals surface area contributed by atoms with Gasteiger partial charge in [0.2, 0.25) is 0 Å². The van der Waals surface area contributed by atoms with Crippen molar-refractivity contribution in [1.29, 1.82) is 0 Å². The van der Waals surface area contributed by atoms with E-state index in [1.54, 1.807) is 12.1 Å². The maximum absolute atomic E-state index is 13.4. The van der Waals surface area contributed by atoms with Crippen LogP contribution < -0.4 is 9.62 Å². The van der Waals surface area contributed by atoms with Crippen LogP contribution in [0.5, 0.6) is 0 Å². The molecule has 0 spiro atoms. The summed E-state index contributed by atoms with van der Waals surface area (Å²) in [6.07, 6.45) is 0.669. The van der Waals surface area contributed by atoms with E-state index in [0.29, 0.717) is 17.7 Å². The normalized spacial score (nSPS) is 15.7. The Labute approximate surface area is 177 Å². The van der Waals surface area contributed by atoms with Crippen molar-refractivity contribution < 1.29 is 13.2 Å². The molecule has 0 fully saturated rings. The Morgan fingerprint density at radius 3 is 2.57 bits per heavy atom. The Hall–Kier alpha value is -3.12. The lowest BCUT2D eigenvalue weighted by atomic mass is 10.1. The highest BCUT2D eigenvalue weighted by molar-refractivity contribution is 7.92. The van der Waals surface area contributed by atoms with Crippen molar-refractivity contribution in [3.8, 4) is 0 Å². The molecule has 154 valence electrons. The van der Waals surface area contributed by atoms with Crippen LogP contribution in [0.2, 0.25) is 0 Å². The van der Waals surface area contributed by atoms with Gasteiger partial charge in [-0.05, 0) is 74.2 Å². The molecule has 0 radical (unpaired) electrons. The summed E-state index contributed by atoms with van der Waals surface area (Å²) in [5.74, 6) is -0.337. The predicted molar refractivity (Wildman–Crippen MR) is 120 cm³/mol. The van der Waals surface area contributed by atoms with E-state index in [4.69, 9.17) is 0 Å². The summed E-state index contributed by atoms with van der Waals surface area (Å²) in [6.45, 7) is 5.77. The van der Waals surface area contributed by atoms with Gasteiger partial charge in [0.05, 0.1) is 10.6 Å². The Kier molecular flexibility index (Phi) is 5.12. The van der Waals surface area contributed by atoms with Crippen molar-refractivity contribution in [2.75, 3.05) is 9.62 Å². The predicted octanol–water partition coefficient (Wildman–Crippen LogP) is 4.70. The van der Waals surface area contributed by atoms with E-state index in [9.17, 15) is 13.2 Å². The smallest absolute Gasteiger partial charge is 0.264 e. The molecular weight excluding hydrogens is 396 g/mol. The molecule has 0 aromatic heterocycles. The summed E-state index contributed by atoms with van der Waals surface area (Å²) in [5, 5.41) is 2.89. The van der Waals surface area contributed by atoms with Crippen molar-refractivity contribution in [3.63, 3.8) is 0 Å². The summed E-state index contributed by atoms with van der Waals surface area (Å²) >= 11 is 0. The summed E-state index contributed by atoms with van der Waals surface area (Å²) in [6, 6.07) is 19.4. The number of para-hydroxylation sites is 1. The maximum Gasteiger partial charge on any atom is 0.264 e. The summed E-state index contributed by atoms with van der Waals surface area (Å²) < 4.78 is 28.3. The maximum atomic E-state index is 13.4. The van der Waals surface area contributed by atoms with Crippen molar-refractivity contribution in [2.45, 2.75) is 38.1 Å². The zero-order valence-corrected chi connectivity index (χ0v) is 18.0. The third-order valence-corrected chi connectivity index (χ3v) is 7.36. The number of carbonyl (C=O) groups excluding carboxylic acids is 1. The standard InChI is InChI=1S/C24H24N2O3S/c1-16-11-12-17(2)22(13-16)25-24(27)20-8-6-9-21(15-20)30(28,29)26-18(3)14-19-7-4-5-10-23(19)26/h4-13,15,18H,14H2,1-3H3,(H,25,27). The average molecular weight is 421 g/mol. The monoisotopic (exact) mass is 420 g/mol. The number of hydrogen-bond donors (Lipinski definition) is 1. The molecule has 5 nitrogen and oxygen atoms in total. The Morgan fingerprint density at radius 2 is 1.77 bits per heavy atom. The van der Waals surface area contributed by atoms with E-state index < -0.39 is 10.0 Å². The number of hydrogen-bond acceptors (Lipinski definition) is 3. The van der Waals surface area contributed by atoms with Gasteiger partial charge in [0.15, 0.2) is 0 Å². The average Bonchev–Trinajstić information content (AvgIpc) is 3.07. The number of nitrogens with zero attached hydrogens (tertiary/aromatic N) is 1.